The maximum absolute atomic E-state index is 4.55. The van der Waals surface area contributed by atoms with E-state index in [9.17, 15) is 0 Å². The highest BCUT2D eigenvalue weighted by Gasteiger charge is 2.04. The van der Waals surface area contributed by atoms with E-state index in [1.54, 1.807) is 0 Å². The monoisotopic (exact) mass is 380 g/mol. The minimum absolute atomic E-state index is 0.679. The minimum Gasteiger partial charge on any atom is -0.261 e. The van der Waals surface area contributed by atoms with Crippen molar-refractivity contribution in [3.05, 3.63) is 76.4 Å². The third kappa shape index (κ3) is 4.06. The molecule has 0 unspecified atom stereocenters. The molecule has 0 radical (unpaired) electrons. The Morgan fingerprint density at radius 1 is 1.00 bits per heavy atom. The van der Waals surface area contributed by atoms with Crippen molar-refractivity contribution in [1.82, 2.24) is 9.97 Å². The smallest absolute Gasteiger partial charge is 0.161 e. The normalized spacial score (nSPS) is 11.4. The second-order valence-corrected chi connectivity index (χ2v) is 6.32. The Hall–Kier alpha value is -2.53. The van der Waals surface area contributed by atoms with Crippen LogP contribution in [0.1, 0.15) is 18.2 Å². The number of nitrogens with one attached hydrogen (secondary N) is 1. The number of halogens is 1. The highest BCUT2D eigenvalue weighted by molar-refractivity contribution is 9.10. The number of rotatable bonds is 4. The van der Waals surface area contributed by atoms with Crippen LogP contribution in [0.2, 0.25) is 0 Å². The van der Waals surface area contributed by atoms with Crippen molar-refractivity contribution in [3.63, 3.8) is 0 Å². The van der Waals surface area contributed by atoms with Gasteiger partial charge in [0.25, 0.3) is 0 Å². The van der Waals surface area contributed by atoms with Crippen LogP contribution in [0, 0.1) is 6.92 Å². The van der Waals surface area contributed by atoms with Crippen LogP contribution >= 0.6 is 15.9 Å². The van der Waals surface area contributed by atoms with E-state index in [4.69, 9.17) is 0 Å². The van der Waals surface area contributed by atoms with E-state index in [1.807, 2.05) is 74.5 Å². The van der Waals surface area contributed by atoms with E-state index in [0.717, 1.165) is 27.0 Å². The molecule has 5 heteroatoms. The lowest BCUT2D eigenvalue weighted by atomic mass is 10.1. The summed E-state index contributed by atoms with van der Waals surface area (Å²) in [7, 11) is 0. The summed E-state index contributed by atoms with van der Waals surface area (Å²) in [5.41, 5.74) is 6.85. The van der Waals surface area contributed by atoms with Gasteiger partial charge in [-0.15, -0.1) is 0 Å². The zero-order chi connectivity index (χ0) is 16.9. The molecule has 4 nitrogen and oxygen atoms in total. The molecule has 2 aromatic carbocycles. The molecule has 3 aromatic rings. The lowest BCUT2D eigenvalue weighted by Crippen LogP contribution is -2.02. The number of aryl methyl sites for hydroxylation is 1. The molecule has 0 bridgehead atoms. The molecule has 0 amide bonds. The van der Waals surface area contributed by atoms with Gasteiger partial charge in [-0.3, -0.25) is 5.43 Å². The van der Waals surface area contributed by atoms with Gasteiger partial charge >= 0.3 is 0 Å². The quantitative estimate of drug-likeness (QED) is 0.508. The molecule has 0 aliphatic heterocycles. The van der Waals surface area contributed by atoms with Gasteiger partial charge < -0.3 is 0 Å². The molecule has 120 valence electrons. The van der Waals surface area contributed by atoms with Gasteiger partial charge in [-0.2, -0.15) is 5.10 Å². The van der Waals surface area contributed by atoms with Crippen LogP contribution in [0.4, 0.5) is 5.82 Å². The second-order valence-electron chi connectivity index (χ2n) is 5.40. The SMILES string of the molecule is C/C(=N\Nc1cc(C)nc(-c2ccccc2)n1)c1ccc(Br)cc1. The van der Waals surface area contributed by atoms with Crippen LogP contribution < -0.4 is 5.43 Å². The molecule has 0 atom stereocenters. The second kappa shape index (κ2) is 7.36. The summed E-state index contributed by atoms with van der Waals surface area (Å²) in [6.45, 7) is 3.91. The molecule has 0 aliphatic carbocycles. The predicted molar refractivity (Wildman–Crippen MR) is 102 cm³/mol. The Balaban J connectivity index is 1.84. The van der Waals surface area contributed by atoms with Gasteiger partial charge in [0.05, 0.1) is 5.71 Å². The Morgan fingerprint density at radius 3 is 2.42 bits per heavy atom. The van der Waals surface area contributed by atoms with Gasteiger partial charge in [0, 0.05) is 21.8 Å². The molecule has 24 heavy (non-hydrogen) atoms. The molecular weight excluding hydrogens is 364 g/mol. The van der Waals surface area contributed by atoms with E-state index >= 15 is 0 Å². The van der Waals surface area contributed by atoms with Gasteiger partial charge in [-0.05, 0) is 31.5 Å². The fraction of sp³-hybridized carbons (Fsp3) is 0.105. The molecule has 0 saturated carbocycles. The Labute approximate surface area is 149 Å². The first kappa shape index (κ1) is 16.3. The van der Waals surface area contributed by atoms with Crippen LogP contribution in [-0.2, 0) is 0 Å². The van der Waals surface area contributed by atoms with Gasteiger partial charge in [0.15, 0.2) is 11.6 Å². The average Bonchev–Trinajstić information content (AvgIpc) is 2.60. The Kier molecular flexibility index (Phi) is 5.01. The van der Waals surface area contributed by atoms with Crippen molar-refractivity contribution in [3.8, 4) is 11.4 Å². The van der Waals surface area contributed by atoms with Gasteiger partial charge in [0.2, 0.25) is 0 Å². The summed E-state index contributed by atoms with van der Waals surface area (Å²) in [4.78, 5) is 9.04. The summed E-state index contributed by atoms with van der Waals surface area (Å²) in [6.07, 6.45) is 0. The van der Waals surface area contributed by atoms with Gasteiger partial charge in [-0.1, -0.05) is 58.4 Å². The lowest BCUT2D eigenvalue weighted by molar-refractivity contribution is 1.09. The topological polar surface area (TPSA) is 50.2 Å². The average molecular weight is 381 g/mol. The number of aromatic nitrogens is 2. The van der Waals surface area contributed by atoms with Crippen LogP contribution in [0.15, 0.2) is 70.2 Å². The standard InChI is InChI=1S/C19H17BrN4/c1-13-12-18(22-19(21-13)16-6-4-3-5-7-16)24-23-14(2)15-8-10-17(20)11-9-15/h3-12H,1-2H3,(H,21,22,24)/b23-14+. The maximum atomic E-state index is 4.55. The Bertz CT molecular complexity index is 858. The lowest BCUT2D eigenvalue weighted by Gasteiger charge is -2.07. The van der Waals surface area contributed by atoms with E-state index in [0.29, 0.717) is 11.6 Å². The number of hydrogen-bond acceptors (Lipinski definition) is 4. The number of nitrogens with zero attached hydrogens (tertiary/aromatic N) is 3. The van der Waals surface area contributed by atoms with E-state index < -0.39 is 0 Å². The van der Waals surface area contributed by atoms with E-state index in [-0.39, 0.29) is 0 Å². The molecule has 1 aromatic heterocycles. The molecule has 0 aliphatic rings. The molecule has 1 N–H and O–H groups in total. The zero-order valence-electron chi connectivity index (χ0n) is 13.5. The first-order valence-corrected chi connectivity index (χ1v) is 8.38. The zero-order valence-corrected chi connectivity index (χ0v) is 15.1. The highest BCUT2D eigenvalue weighted by Crippen LogP contribution is 2.17. The van der Waals surface area contributed by atoms with Crippen LogP contribution in [0.3, 0.4) is 0 Å². The molecule has 0 fully saturated rings. The van der Waals surface area contributed by atoms with Crippen molar-refractivity contribution in [2.24, 2.45) is 5.10 Å². The van der Waals surface area contributed by atoms with Crippen molar-refractivity contribution in [2.75, 3.05) is 5.43 Å². The van der Waals surface area contributed by atoms with Crippen molar-refractivity contribution in [2.45, 2.75) is 13.8 Å². The van der Waals surface area contributed by atoms with Gasteiger partial charge in [-0.25, -0.2) is 9.97 Å². The number of hydrogen-bond donors (Lipinski definition) is 1. The summed E-state index contributed by atoms with van der Waals surface area (Å²) >= 11 is 3.44. The fourth-order valence-corrected chi connectivity index (χ4v) is 2.50. The third-order valence-corrected chi connectivity index (χ3v) is 4.02. The summed E-state index contributed by atoms with van der Waals surface area (Å²) in [5, 5.41) is 4.43. The predicted octanol–water partition coefficient (Wildman–Crippen LogP) is 5.05. The number of anilines is 1. The summed E-state index contributed by atoms with van der Waals surface area (Å²) in [6, 6.07) is 19.8. The van der Waals surface area contributed by atoms with Gasteiger partial charge in [0.1, 0.15) is 0 Å². The fourth-order valence-electron chi connectivity index (χ4n) is 2.24. The van der Waals surface area contributed by atoms with Crippen molar-refractivity contribution in [1.29, 1.82) is 0 Å². The van der Waals surface area contributed by atoms with Crippen molar-refractivity contribution < 1.29 is 0 Å². The summed E-state index contributed by atoms with van der Waals surface area (Å²) < 4.78 is 1.05. The number of benzene rings is 2. The molecule has 3 rings (SSSR count). The molecule has 1 heterocycles. The highest BCUT2D eigenvalue weighted by atomic mass is 79.9. The first-order chi connectivity index (χ1) is 11.6. The van der Waals surface area contributed by atoms with E-state index in [2.05, 4.69) is 36.4 Å². The summed E-state index contributed by atoms with van der Waals surface area (Å²) in [5.74, 6) is 1.37. The molecule has 0 saturated heterocycles. The minimum atomic E-state index is 0.679. The number of hydrazone groups is 1. The van der Waals surface area contributed by atoms with E-state index in [1.165, 1.54) is 0 Å². The first-order valence-electron chi connectivity index (χ1n) is 7.59. The van der Waals surface area contributed by atoms with Crippen LogP contribution in [-0.4, -0.2) is 15.7 Å². The molecule has 0 spiro atoms. The van der Waals surface area contributed by atoms with Crippen LogP contribution in [0.5, 0.6) is 0 Å². The van der Waals surface area contributed by atoms with Crippen molar-refractivity contribution >= 4 is 27.5 Å². The Morgan fingerprint density at radius 2 is 1.71 bits per heavy atom. The maximum Gasteiger partial charge on any atom is 0.161 e. The largest absolute Gasteiger partial charge is 0.261 e. The third-order valence-electron chi connectivity index (χ3n) is 3.49. The van der Waals surface area contributed by atoms with Crippen LogP contribution in [0.25, 0.3) is 11.4 Å². The molecular formula is C19H17BrN4.